The van der Waals surface area contributed by atoms with Crippen LogP contribution in [0.3, 0.4) is 0 Å². The number of rotatable bonds is 4. The van der Waals surface area contributed by atoms with Gasteiger partial charge in [-0.25, -0.2) is 0 Å². The molecule has 0 spiro atoms. The first-order valence-electron chi connectivity index (χ1n) is 7.86. The molecule has 0 saturated carbocycles. The zero-order valence-corrected chi connectivity index (χ0v) is 15.0. The standard InChI is InChI=1S/C16H21BrN6/c1-3-22-6-8-23(9-7-22)15-11-18-21-16(20-15)19-14-5-4-13(17)10-12(14)2/h4-5,10-11H,3,6-9H2,1-2H3,(H,19,20,21). The zero-order chi connectivity index (χ0) is 16.2. The van der Waals surface area contributed by atoms with Crippen molar-refractivity contribution in [3.8, 4) is 0 Å². The molecular weight excluding hydrogens is 356 g/mol. The van der Waals surface area contributed by atoms with Crippen LogP contribution < -0.4 is 10.2 Å². The van der Waals surface area contributed by atoms with Gasteiger partial charge in [-0.05, 0) is 37.2 Å². The lowest BCUT2D eigenvalue weighted by molar-refractivity contribution is 0.270. The summed E-state index contributed by atoms with van der Waals surface area (Å²) in [6.45, 7) is 9.43. The van der Waals surface area contributed by atoms with Gasteiger partial charge >= 0.3 is 0 Å². The molecule has 2 heterocycles. The highest BCUT2D eigenvalue weighted by Gasteiger charge is 2.17. The van der Waals surface area contributed by atoms with E-state index in [2.05, 4.69) is 59.2 Å². The van der Waals surface area contributed by atoms with E-state index in [1.807, 2.05) is 19.1 Å². The van der Waals surface area contributed by atoms with Gasteiger partial charge in [0.05, 0.1) is 6.20 Å². The van der Waals surface area contributed by atoms with Crippen LogP contribution in [-0.2, 0) is 0 Å². The van der Waals surface area contributed by atoms with Crippen molar-refractivity contribution in [1.82, 2.24) is 20.1 Å². The second-order valence-corrected chi connectivity index (χ2v) is 6.56. The van der Waals surface area contributed by atoms with Crippen LogP contribution in [0.1, 0.15) is 12.5 Å². The van der Waals surface area contributed by atoms with E-state index < -0.39 is 0 Å². The van der Waals surface area contributed by atoms with Crippen LogP contribution in [-0.4, -0.2) is 52.8 Å². The minimum absolute atomic E-state index is 0.533. The molecule has 0 atom stereocenters. The normalized spacial score (nSPS) is 15.7. The number of hydrogen-bond donors (Lipinski definition) is 1. The van der Waals surface area contributed by atoms with Crippen LogP contribution in [0.2, 0.25) is 0 Å². The summed E-state index contributed by atoms with van der Waals surface area (Å²) in [5.74, 6) is 1.42. The number of anilines is 3. The predicted molar refractivity (Wildman–Crippen MR) is 96.3 cm³/mol. The highest BCUT2D eigenvalue weighted by atomic mass is 79.9. The first kappa shape index (κ1) is 16.1. The Morgan fingerprint density at radius 3 is 2.70 bits per heavy atom. The average molecular weight is 377 g/mol. The fraction of sp³-hybridized carbons (Fsp3) is 0.438. The molecule has 2 aromatic rings. The van der Waals surface area contributed by atoms with E-state index in [0.29, 0.717) is 5.95 Å². The Morgan fingerprint density at radius 2 is 2.00 bits per heavy atom. The molecule has 1 aromatic carbocycles. The third-order valence-electron chi connectivity index (χ3n) is 4.12. The first-order valence-corrected chi connectivity index (χ1v) is 8.65. The van der Waals surface area contributed by atoms with Gasteiger partial charge in [0, 0.05) is 36.3 Å². The molecule has 1 fully saturated rings. The summed E-state index contributed by atoms with van der Waals surface area (Å²) in [6, 6.07) is 6.07. The summed E-state index contributed by atoms with van der Waals surface area (Å²) >= 11 is 3.47. The van der Waals surface area contributed by atoms with Crippen molar-refractivity contribution in [3.05, 3.63) is 34.4 Å². The maximum atomic E-state index is 4.62. The first-order chi connectivity index (χ1) is 11.2. The highest BCUT2D eigenvalue weighted by molar-refractivity contribution is 9.10. The van der Waals surface area contributed by atoms with Crippen LogP contribution in [0, 0.1) is 6.92 Å². The molecule has 23 heavy (non-hydrogen) atoms. The summed E-state index contributed by atoms with van der Waals surface area (Å²) in [5, 5.41) is 11.5. The fourth-order valence-corrected chi connectivity index (χ4v) is 3.16. The molecule has 122 valence electrons. The number of likely N-dealkylation sites (N-methyl/N-ethyl adjacent to an activating group) is 1. The molecule has 0 radical (unpaired) electrons. The lowest BCUT2D eigenvalue weighted by atomic mass is 10.2. The van der Waals surface area contributed by atoms with Crippen LogP contribution >= 0.6 is 15.9 Å². The monoisotopic (exact) mass is 376 g/mol. The van der Waals surface area contributed by atoms with Crippen LogP contribution in [0.5, 0.6) is 0 Å². The fourth-order valence-electron chi connectivity index (χ4n) is 2.68. The largest absolute Gasteiger partial charge is 0.353 e. The van der Waals surface area contributed by atoms with Gasteiger partial charge in [0.15, 0.2) is 5.82 Å². The van der Waals surface area contributed by atoms with Crippen molar-refractivity contribution in [3.63, 3.8) is 0 Å². The third-order valence-corrected chi connectivity index (χ3v) is 4.62. The number of halogens is 1. The van der Waals surface area contributed by atoms with E-state index in [9.17, 15) is 0 Å². The van der Waals surface area contributed by atoms with Crippen molar-refractivity contribution in [1.29, 1.82) is 0 Å². The minimum atomic E-state index is 0.533. The van der Waals surface area contributed by atoms with Crippen molar-refractivity contribution >= 4 is 33.4 Å². The molecule has 3 rings (SSSR count). The molecular formula is C16H21BrN6. The van der Waals surface area contributed by atoms with E-state index in [4.69, 9.17) is 0 Å². The van der Waals surface area contributed by atoms with Gasteiger partial charge in [-0.15, -0.1) is 5.10 Å². The van der Waals surface area contributed by atoms with E-state index in [1.165, 1.54) is 0 Å². The topological polar surface area (TPSA) is 57.2 Å². The Kier molecular flexibility index (Phi) is 5.07. The predicted octanol–water partition coefficient (Wildman–Crippen LogP) is 2.83. The molecule has 0 amide bonds. The van der Waals surface area contributed by atoms with Crippen LogP contribution in [0.25, 0.3) is 0 Å². The Balaban J connectivity index is 1.72. The molecule has 0 bridgehead atoms. The van der Waals surface area contributed by atoms with Crippen molar-refractivity contribution in [2.24, 2.45) is 0 Å². The molecule has 1 aliphatic rings. The second-order valence-electron chi connectivity index (χ2n) is 5.64. The number of benzene rings is 1. The zero-order valence-electron chi connectivity index (χ0n) is 13.5. The summed E-state index contributed by atoms with van der Waals surface area (Å²) in [5.41, 5.74) is 2.12. The minimum Gasteiger partial charge on any atom is -0.353 e. The molecule has 6 nitrogen and oxygen atoms in total. The Bertz CT molecular complexity index is 669. The number of nitrogens with one attached hydrogen (secondary N) is 1. The Morgan fingerprint density at radius 1 is 1.22 bits per heavy atom. The maximum absolute atomic E-state index is 4.62. The molecule has 0 unspecified atom stereocenters. The third kappa shape index (κ3) is 3.97. The Labute approximate surface area is 145 Å². The number of aromatic nitrogens is 3. The van der Waals surface area contributed by atoms with Crippen molar-refractivity contribution < 1.29 is 0 Å². The van der Waals surface area contributed by atoms with Gasteiger partial charge in [0.2, 0.25) is 5.95 Å². The summed E-state index contributed by atoms with van der Waals surface area (Å²) in [4.78, 5) is 9.32. The van der Waals surface area contributed by atoms with Gasteiger partial charge < -0.3 is 15.1 Å². The second kappa shape index (κ2) is 7.23. The molecule has 1 aliphatic heterocycles. The summed E-state index contributed by atoms with van der Waals surface area (Å²) in [6.07, 6.45) is 1.74. The Hall–Kier alpha value is -1.73. The molecule has 7 heteroatoms. The van der Waals surface area contributed by atoms with Crippen molar-refractivity contribution in [2.75, 3.05) is 42.9 Å². The maximum Gasteiger partial charge on any atom is 0.249 e. The number of piperazine rings is 1. The summed E-state index contributed by atoms with van der Waals surface area (Å²) < 4.78 is 1.06. The van der Waals surface area contributed by atoms with E-state index in [-0.39, 0.29) is 0 Å². The van der Waals surface area contributed by atoms with Gasteiger partial charge in [-0.1, -0.05) is 22.9 Å². The SMILES string of the molecule is CCN1CCN(c2cnnc(Nc3ccc(Br)cc3C)n2)CC1. The number of hydrogen-bond acceptors (Lipinski definition) is 6. The quantitative estimate of drug-likeness (QED) is 0.885. The van der Waals surface area contributed by atoms with Crippen LogP contribution in [0.4, 0.5) is 17.5 Å². The lowest BCUT2D eigenvalue weighted by Gasteiger charge is -2.34. The average Bonchev–Trinajstić information content (AvgIpc) is 2.58. The lowest BCUT2D eigenvalue weighted by Crippen LogP contribution is -2.46. The van der Waals surface area contributed by atoms with E-state index in [0.717, 1.165) is 54.3 Å². The van der Waals surface area contributed by atoms with Gasteiger partial charge in [-0.3, -0.25) is 0 Å². The molecule has 1 aromatic heterocycles. The van der Waals surface area contributed by atoms with Gasteiger partial charge in [0.1, 0.15) is 0 Å². The molecule has 0 aliphatic carbocycles. The highest BCUT2D eigenvalue weighted by Crippen LogP contribution is 2.23. The number of aryl methyl sites for hydroxylation is 1. The smallest absolute Gasteiger partial charge is 0.249 e. The van der Waals surface area contributed by atoms with Gasteiger partial charge in [-0.2, -0.15) is 10.1 Å². The summed E-state index contributed by atoms with van der Waals surface area (Å²) in [7, 11) is 0. The molecule has 1 saturated heterocycles. The van der Waals surface area contributed by atoms with E-state index in [1.54, 1.807) is 6.20 Å². The number of nitrogens with zero attached hydrogens (tertiary/aromatic N) is 5. The van der Waals surface area contributed by atoms with Crippen molar-refractivity contribution in [2.45, 2.75) is 13.8 Å². The van der Waals surface area contributed by atoms with Gasteiger partial charge in [0.25, 0.3) is 0 Å². The molecule has 1 N–H and O–H groups in total. The van der Waals surface area contributed by atoms with Crippen LogP contribution in [0.15, 0.2) is 28.9 Å². The van der Waals surface area contributed by atoms with E-state index >= 15 is 0 Å².